The molecule has 1 heterocycles. The first-order valence-electron chi connectivity index (χ1n) is 7.04. The summed E-state index contributed by atoms with van der Waals surface area (Å²) in [4.78, 5) is 9.23. The fourth-order valence-corrected chi connectivity index (χ4v) is 2.89. The van der Waals surface area contributed by atoms with Crippen molar-refractivity contribution in [2.45, 2.75) is 31.3 Å². The molecule has 1 fully saturated rings. The molecule has 0 aliphatic heterocycles. The van der Waals surface area contributed by atoms with E-state index in [2.05, 4.69) is 47.3 Å². The number of anilines is 1. The van der Waals surface area contributed by atoms with Crippen molar-refractivity contribution in [3.63, 3.8) is 0 Å². The van der Waals surface area contributed by atoms with Gasteiger partial charge in [-0.25, -0.2) is 0 Å². The quantitative estimate of drug-likeness (QED) is 0.850. The van der Waals surface area contributed by atoms with E-state index in [4.69, 9.17) is 0 Å². The van der Waals surface area contributed by atoms with Gasteiger partial charge in [0.1, 0.15) is 0 Å². The molecule has 0 saturated heterocycles. The molecule has 1 aliphatic rings. The highest BCUT2D eigenvalue weighted by atomic mass is 15.2. The molecule has 4 heteroatoms. The van der Waals surface area contributed by atoms with E-state index in [-0.39, 0.29) is 0 Å². The van der Waals surface area contributed by atoms with Gasteiger partial charge in [-0.3, -0.25) is 9.88 Å². The molecule has 1 aliphatic carbocycles. The largest absolute Gasteiger partial charge is 0.388 e. The predicted molar refractivity (Wildman–Crippen MR) is 80.4 cm³/mol. The van der Waals surface area contributed by atoms with Crippen molar-refractivity contribution in [2.75, 3.05) is 40.1 Å². The predicted octanol–water partition coefficient (Wildman–Crippen LogP) is 2.04. The molecule has 0 atom stereocenters. The van der Waals surface area contributed by atoms with Crippen LogP contribution in [0, 0.1) is 0 Å². The molecule has 0 spiro atoms. The van der Waals surface area contributed by atoms with Crippen molar-refractivity contribution in [3.05, 3.63) is 24.0 Å². The Morgan fingerprint density at radius 2 is 2.05 bits per heavy atom. The van der Waals surface area contributed by atoms with Gasteiger partial charge in [0, 0.05) is 37.6 Å². The van der Waals surface area contributed by atoms with Gasteiger partial charge in [0.25, 0.3) is 0 Å². The molecule has 1 aromatic heterocycles. The minimum atomic E-state index is 0.384. The van der Waals surface area contributed by atoms with Crippen LogP contribution in [0.2, 0.25) is 0 Å². The van der Waals surface area contributed by atoms with Gasteiger partial charge >= 0.3 is 0 Å². The summed E-state index contributed by atoms with van der Waals surface area (Å²) < 4.78 is 0. The van der Waals surface area contributed by atoms with Crippen LogP contribution in [-0.4, -0.2) is 55.1 Å². The van der Waals surface area contributed by atoms with E-state index in [9.17, 15) is 0 Å². The SMILES string of the molecule is CNc1ccnc(CN(C)CC2(N(C)C)CCC2)c1. The third kappa shape index (κ3) is 3.25. The molecule has 19 heavy (non-hydrogen) atoms. The average molecular weight is 262 g/mol. The van der Waals surface area contributed by atoms with E-state index in [1.165, 1.54) is 19.3 Å². The van der Waals surface area contributed by atoms with Gasteiger partial charge in [-0.05, 0) is 52.5 Å². The Kier molecular flexibility index (Phi) is 4.42. The van der Waals surface area contributed by atoms with Crippen LogP contribution < -0.4 is 5.32 Å². The summed E-state index contributed by atoms with van der Waals surface area (Å²) in [6.07, 6.45) is 5.86. The maximum Gasteiger partial charge on any atom is 0.0564 e. The van der Waals surface area contributed by atoms with E-state index in [1.54, 1.807) is 0 Å². The number of hydrogen-bond acceptors (Lipinski definition) is 4. The van der Waals surface area contributed by atoms with Crippen LogP contribution in [0.3, 0.4) is 0 Å². The van der Waals surface area contributed by atoms with Crippen LogP contribution in [0.25, 0.3) is 0 Å². The summed E-state index contributed by atoms with van der Waals surface area (Å²) in [5.41, 5.74) is 2.64. The topological polar surface area (TPSA) is 31.4 Å². The highest BCUT2D eigenvalue weighted by molar-refractivity contribution is 5.42. The maximum absolute atomic E-state index is 4.45. The molecular weight excluding hydrogens is 236 g/mol. The van der Waals surface area contributed by atoms with Crippen LogP contribution in [0.4, 0.5) is 5.69 Å². The fourth-order valence-electron chi connectivity index (χ4n) is 2.89. The van der Waals surface area contributed by atoms with Crippen LogP contribution >= 0.6 is 0 Å². The molecule has 1 saturated carbocycles. The Morgan fingerprint density at radius 1 is 1.32 bits per heavy atom. The number of aromatic nitrogens is 1. The summed E-state index contributed by atoms with van der Waals surface area (Å²) >= 11 is 0. The first-order valence-corrected chi connectivity index (χ1v) is 7.04. The molecule has 1 N–H and O–H groups in total. The highest BCUT2D eigenvalue weighted by Gasteiger charge is 2.39. The molecule has 4 nitrogen and oxygen atoms in total. The smallest absolute Gasteiger partial charge is 0.0564 e. The van der Waals surface area contributed by atoms with E-state index >= 15 is 0 Å². The van der Waals surface area contributed by atoms with Gasteiger partial charge in [0.2, 0.25) is 0 Å². The minimum absolute atomic E-state index is 0.384. The molecule has 0 aromatic carbocycles. The fraction of sp³-hybridized carbons (Fsp3) is 0.667. The lowest BCUT2D eigenvalue weighted by Crippen LogP contribution is -2.56. The molecule has 0 bridgehead atoms. The zero-order valence-corrected chi connectivity index (χ0v) is 12.6. The summed E-state index contributed by atoms with van der Waals surface area (Å²) in [5.74, 6) is 0. The van der Waals surface area contributed by atoms with Crippen LogP contribution in [0.5, 0.6) is 0 Å². The van der Waals surface area contributed by atoms with Crippen LogP contribution in [0.1, 0.15) is 25.0 Å². The number of likely N-dealkylation sites (N-methyl/N-ethyl adjacent to an activating group) is 2. The molecular formula is C15H26N4. The third-order valence-electron chi connectivity index (χ3n) is 4.33. The number of pyridine rings is 1. The first-order chi connectivity index (χ1) is 9.05. The van der Waals surface area contributed by atoms with Crippen molar-refractivity contribution in [1.29, 1.82) is 0 Å². The van der Waals surface area contributed by atoms with Crippen molar-refractivity contribution in [3.8, 4) is 0 Å². The molecule has 0 amide bonds. The Balaban J connectivity index is 1.95. The van der Waals surface area contributed by atoms with Crippen molar-refractivity contribution < 1.29 is 0 Å². The minimum Gasteiger partial charge on any atom is -0.388 e. The monoisotopic (exact) mass is 262 g/mol. The first kappa shape index (κ1) is 14.3. The molecule has 106 valence electrons. The lowest BCUT2D eigenvalue weighted by molar-refractivity contribution is 0.0256. The maximum atomic E-state index is 4.45. The van der Waals surface area contributed by atoms with Gasteiger partial charge in [-0.2, -0.15) is 0 Å². The molecule has 0 radical (unpaired) electrons. The second kappa shape index (κ2) is 5.88. The van der Waals surface area contributed by atoms with E-state index in [0.717, 1.165) is 24.5 Å². The van der Waals surface area contributed by atoms with Gasteiger partial charge in [-0.1, -0.05) is 0 Å². The number of rotatable bonds is 6. The number of hydrogen-bond donors (Lipinski definition) is 1. The summed E-state index contributed by atoms with van der Waals surface area (Å²) in [6.45, 7) is 2.02. The Labute approximate surface area is 116 Å². The zero-order chi connectivity index (χ0) is 13.9. The normalized spacial score (nSPS) is 17.6. The molecule has 0 unspecified atom stereocenters. The zero-order valence-electron chi connectivity index (χ0n) is 12.6. The van der Waals surface area contributed by atoms with Crippen LogP contribution in [0.15, 0.2) is 18.3 Å². The van der Waals surface area contributed by atoms with Gasteiger partial charge < -0.3 is 10.2 Å². The standard InChI is InChI=1S/C15H26N4/c1-16-13-6-9-17-14(10-13)11-19(4)12-15(18(2)3)7-5-8-15/h6,9-10H,5,7-8,11-12H2,1-4H3,(H,16,17). The second-order valence-corrected chi connectivity index (χ2v) is 5.93. The Morgan fingerprint density at radius 3 is 2.58 bits per heavy atom. The Hall–Kier alpha value is -1.13. The van der Waals surface area contributed by atoms with Gasteiger partial charge in [0.05, 0.1) is 5.69 Å². The van der Waals surface area contributed by atoms with E-state index in [0.29, 0.717) is 5.54 Å². The van der Waals surface area contributed by atoms with Gasteiger partial charge in [0.15, 0.2) is 0 Å². The number of nitrogens with zero attached hydrogens (tertiary/aromatic N) is 3. The summed E-state index contributed by atoms with van der Waals surface area (Å²) in [5, 5.41) is 3.16. The third-order valence-corrected chi connectivity index (χ3v) is 4.33. The van der Waals surface area contributed by atoms with E-state index in [1.807, 2.05) is 19.3 Å². The summed E-state index contributed by atoms with van der Waals surface area (Å²) in [7, 11) is 8.54. The molecule has 2 rings (SSSR count). The second-order valence-electron chi connectivity index (χ2n) is 5.93. The van der Waals surface area contributed by atoms with E-state index < -0.39 is 0 Å². The summed E-state index contributed by atoms with van der Waals surface area (Å²) in [6, 6.07) is 4.12. The lowest BCUT2D eigenvalue weighted by atomic mass is 9.75. The average Bonchev–Trinajstić information content (AvgIpc) is 2.33. The number of nitrogens with one attached hydrogen (secondary N) is 1. The van der Waals surface area contributed by atoms with Crippen LogP contribution in [-0.2, 0) is 6.54 Å². The van der Waals surface area contributed by atoms with Crippen molar-refractivity contribution in [2.24, 2.45) is 0 Å². The lowest BCUT2D eigenvalue weighted by Gasteiger charge is -2.49. The van der Waals surface area contributed by atoms with Crippen molar-refractivity contribution >= 4 is 5.69 Å². The molecule has 1 aromatic rings. The van der Waals surface area contributed by atoms with Gasteiger partial charge in [-0.15, -0.1) is 0 Å². The van der Waals surface area contributed by atoms with Crippen molar-refractivity contribution in [1.82, 2.24) is 14.8 Å². The highest BCUT2D eigenvalue weighted by Crippen LogP contribution is 2.36. The Bertz CT molecular complexity index is 412.